The highest BCUT2D eigenvalue weighted by atomic mass is 32.1. The number of thiophene rings is 1. The molecule has 2 rings (SSSR count). The Morgan fingerprint density at radius 3 is 2.83 bits per heavy atom. The third kappa shape index (κ3) is 2.41. The number of hydrogen-bond donors (Lipinski definition) is 0. The fraction of sp³-hybridized carbons (Fsp3) is 0.143. The Kier molecular flexibility index (Phi) is 3.75. The Labute approximate surface area is 109 Å². The van der Waals surface area contributed by atoms with E-state index < -0.39 is 0 Å². The highest BCUT2D eigenvalue weighted by Gasteiger charge is 2.07. The maximum Gasteiger partial charge on any atom is 0.153 e. The van der Waals surface area contributed by atoms with Gasteiger partial charge in [0, 0.05) is 4.88 Å². The number of hydrogen-bond acceptors (Lipinski definition) is 4. The Balaban J connectivity index is 2.43. The van der Waals surface area contributed by atoms with E-state index in [0.717, 1.165) is 16.7 Å². The molecule has 0 atom stereocenters. The lowest BCUT2D eigenvalue weighted by Crippen LogP contribution is -1.96. The van der Waals surface area contributed by atoms with Crippen LogP contribution in [0, 0.1) is 11.3 Å². The molecule has 0 aliphatic rings. The van der Waals surface area contributed by atoms with Crippen LogP contribution in [0.5, 0.6) is 5.75 Å². The quantitative estimate of drug-likeness (QED) is 0.788. The minimum atomic E-state index is 0.512. The summed E-state index contributed by atoms with van der Waals surface area (Å²) in [6.45, 7) is 2.39. The largest absolute Gasteiger partial charge is 0.493 e. The monoisotopic (exact) mass is 257 g/mol. The Bertz CT molecular complexity index is 610. The molecule has 0 saturated carbocycles. The van der Waals surface area contributed by atoms with E-state index >= 15 is 0 Å². The Morgan fingerprint density at radius 1 is 1.39 bits per heavy atom. The lowest BCUT2D eigenvalue weighted by atomic mass is 10.1. The van der Waals surface area contributed by atoms with E-state index in [4.69, 9.17) is 10.00 Å². The molecule has 18 heavy (non-hydrogen) atoms. The second-order valence-corrected chi connectivity index (χ2v) is 4.66. The zero-order chi connectivity index (χ0) is 13.0. The van der Waals surface area contributed by atoms with Crippen LogP contribution in [0.2, 0.25) is 0 Å². The minimum absolute atomic E-state index is 0.512. The molecule has 0 saturated heterocycles. The minimum Gasteiger partial charge on any atom is -0.493 e. The molecule has 0 amide bonds. The number of rotatable bonds is 4. The van der Waals surface area contributed by atoms with E-state index in [1.807, 2.05) is 25.1 Å². The van der Waals surface area contributed by atoms with Crippen molar-refractivity contribution in [1.29, 1.82) is 5.26 Å². The lowest BCUT2D eigenvalue weighted by Gasteiger charge is -2.07. The molecule has 0 unspecified atom stereocenters. The Hall–Kier alpha value is -2.12. The fourth-order valence-corrected chi connectivity index (χ4v) is 2.42. The summed E-state index contributed by atoms with van der Waals surface area (Å²) in [6.07, 6.45) is 0.782. The van der Waals surface area contributed by atoms with Gasteiger partial charge >= 0.3 is 0 Å². The average molecular weight is 257 g/mol. The summed E-state index contributed by atoms with van der Waals surface area (Å²) in [7, 11) is 0. The maximum atomic E-state index is 10.9. The second-order valence-electron chi connectivity index (χ2n) is 3.58. The van der Waals surface area contributed by atoms with E-state index in [1.165, 1.54) is 11.3 Å². The standard InChI is InChI=1S/C14H11NO2S/c1-2-17-13-7-10(3-4-11(13)9-16)14-6-5-12(8-15)18-14/h3-7,9H,2H2,1H3. The summed E-state index contributed by atoms with van der Waals surface area (Å²) in [6, 6.07) is 11.2. The number of benzene rings is 1. The maximum absolute atomic E-state index is 10.9. The van der Waals surface area contributed by atoms with Gasteiger partial charge in [-0.2, -0.15) is 5.26 Å². The number of nitriles is 1. The average Bonchev–Trinajstić information content (AvgIpc) is 2.88. The van der Waals surface area contributed by atoms with Gasteiger partial charge in [-0.1, -0.05) is 6.07 Å². The third-order valence-electron chi connectivity index (χ3n) is 2.44. The van der Waals surface area contributed by atoms with E-state index in [-0.39, 0.29) is 0 Å². The molecule has 0 bridgehead atoms. The molecule has 0 aliphatic heterocycles. The van der Waals surface area contributed by atoms with Gasteiger partial charge in [0.25, 0.3) is 0 Å². The van der Waals surface area contributed by atoms with Crippen molar-refractivity contribution < 1.29 is 9.53 Å². The summed E-state index contributed by atoms with van der Waals surface area (Å²) in [5, 5.41) is 8.81. The summed E-state index contributed by atoms with van der Waals surface area (Å²) < 4.78 is 5.43. The first-order valence-corrected chi connectivity index (χ1v) is 6.32. The van der Waals surface area contributed by atoms with Gasteiger partial charge in [-0.05, 0) is 36.8 Å². The van der Waals surface area contributed by atoms with Gasteiger partial charge < -0.3 is 4.74 Å². The van der Waals surface area contributed by atoms with Crippen LogP contribution in [-0.2, 0) is 0 Å². The van der Waals surface area contributed by atoms with Gasteiger partial charge in [0.2, 0.25) is 0 Å². The first-order valence-electron chi connectivity index (χ1n) is 5.50. The molecule has 0 N–H and O–H groups in total. The molecule has 3 nitrogen and oxygen atoms in total. The molecular formula is C14H11NO2S. The summed E-state index contributed by atoms with van der Waals surface area (Å²) in [5.74, 6) is 0.580. The van der Waals surface area contributed by atoms with E-state index in [1.54, 1.807) is 12.1 Å². The van der Waals surface area contributed by atoms with Crippen molar-refractivity contribution >= 4 is 17.6 Å². The third-order valence-corrected chi connectivity index (χ3v) is 3.48. The molecule has 90 valence electrons. The van der Waals surface area contributed by atoms with Crippen molar-refractivity contribution in [2.45, 2.75) is 6.92 Å². The number of aldehydes is 1. The normalized spacial score (nSPS) is 9.78. The zero-order valence-corrected chi connectivity index (χ0v) is 10.7. The molecule has 0 radical (unpaired) electrons. The van der Waals surface area contributed by atoms with Crippen LogP contribution in [0.25, 0.3) is 10.4 Å². The van der Waals surface area contributed by atoms with Crippen LogP contribution in [0.1, 0.15) is 22.2 Å². The van der Waals surface area contributed by atoms with Crippen LogP contribution >= 0.6 is 11.3 Å². The van der Waals surface area contributed by atoms with Crippen LogP contribution < -0.4 is 4.74 Å². The molecule has 0 fully saturated rings. The number of carbonyl (C=O) groups is 1. The highest BCUT2D eigenvalue weighted by Crippen LogP contribution is 2.31. The van der Waals surface area contributed by atoms with Crippen molar-refractivity contribution in [3.8, 4) is 22.3 Å². The van der Waals surface area contributed by atoms with E-state index in [0.29, 0.717) is 22.8 Å². The predicted molar refractivity (Wildman–Crippen MR) is 71.0 cm³/mol. The number of carbonyl (C=O) groups excluding carboxylic acids is 1. The lowest BCUT2D eigenvalue weighted by molar-refractivity contribution is 0.112. The van der Waals surface area contributed by atoms with Crippen LogP contribution in [0.3, 0.4) is 0 Å². The van der Waals surface area contributed by atoms with Gasteiger partial charge in [0.05, 0.1) is 12.2 Å². The summed E-state index contributed by atoms with van der Waals surface area (Å²) >= 11 is 1.42. The van der Waals surface area contributed by atoms with Gasteiger partial charge in [-0.3, -0.25) is 4.79 Å². The van der Waals surface area contributed by atoms with Crippen molar-refractivity contribution in [2.24, 2.45) is 0 Å². The van der Waals surface area contributed by atoms with E-state index in [9.17, 15) is 4.79 Å². The zero-order valence-electron chi connectivity index (χ0n) is 9.84. The molecular weight excluding hydrogens is 246 g/mol. The first kappa shape index (κ1) is 12.3. The summed E-state index contributed by atoms with van der Waals surface area (Å²) in [5.41, 5.74) is 1.49. The van der Waals surface area contributed by atoms with Gasteiger partial charge in [-0.25, -0.2) is 0 Å². The molecule has 0 aliphatic carbocycles. The van der Waals surface area contributed by atoms with Crippen LogP contribution in [0.15, 0.2) is 30.3 Å². The number of nitrogens with zero attached hydrogens (tertiary/aromatic N) is 1. The molecule has 1 aromatic heterocycles. The molecule has 0 spiro atoms. The summed E-state index contributed by atoms with van der Waals surface area (Å²) in [4.78, 5) is 12.5. The van der Waals surface area contributed by atoms with Crippen molar-refractivity contribution in [1.82, 2.24) is 0 Å². The Morgan fingerprint density at radius 2 is 2.22 bits per heavy atom. The van der Waals surface area contributed by atoms with Crippen molar-refractivity contribution in [3.63, 3.8) is 0 Å². The van der Waals surface area contributed by atoms with Gasteiger partial charge in [0.15, 0.2) is 6.29 Å². The second kappa shape index (κ2) is 5.48. The molecule has 4 heteroatoms. The van der Waals surface area contributed by atoms with Crippen molar-refractivity contribution in [3.05, 3.63) is 40.8 Å². The smallest absolute Gasteiger partial charge is 0.153 e. The number of ether oxygens (including phenoxy) is 1. The van der Waals surface area contributed by atoms with Gasteiger partial charge in [-0.15, -0.1) is 11.3 Å². The van der Waals surface area contributed by atoms with Crippen molar-refractivity contribution in [2.75, 3.05) is 6.61 Å². The molecule has 2 aromatic rings. The first-order chi connectivity index (χ1) is 8.78. The van der Waals surface area contributed by atoms with Crippen LogP contribution in [-0.4, -0.2) is 12.9 Å². The fourth-order valence-electron chi connectivity index (χ4n) is 1.62. The molecule has 1 heterocycles. The molecule has 1 aromatic carbocycles. The van der Waals surface area contributed by atoms with Gasteiger partial charge in [0.1, 0.15) is 16.7 Å². The predicted octanol–water partition coefficient (Wildman–Crippen LogP) is 3.50. The topological polar surface area (TPSA) is 50.1 Å². The van der Waals surface area contributed by atoms with E-state index in [2.05, 4.69) is 6.07 Å². The SMILES string of the molecule is CCOc1cc(-c2ccc(C#N)s2)ccc1C=O. The highest BCUT2D eigenvalue weighted by molar-refractivity contribution is 7.16. The van der Waals surface area contributed by atoms with Crippen LogP contribution in [0.4, 0.5) is 0 Å².